The molecule has 0 aliphatic carbocycles. The van der Waals surface area contributed by atoms with Crippen molar-refractivity contribution in [2.45, 2.75) is 33.6 Å². The lowest BCUT2D eigenvalue weighted by Gasteiger charge is -2.28. The zero-order chi connectivity index (χ0) is 14.6. The smallest absolute Gasteiger partial charge is 0.253 e. The third-order valence-electron chi connectivity index (χ3n) is 3.24. The summed E-state index contributed by atoms with van der Waals surface area (Å²) < 4.78 is 0. The monoisotopic (exact) mass is 263 g/mol. The van der Waals surface area contributed by atoms with Crippen LogP contribution >= 0.6 is 0 Å². The van der Waals surface area contributed by atoms with Crippen LogP contribution in [0.3, 0.4) is 0 Å². The summed E-state index contributed by atoms with van der Waals surface area (Å²) in [6, 6.07) is 7.76. The first-order valence-electron chi connectivity index (χ1n) is 6.73. The number of nitrogens with zero attached hydrogens (tertiary/aromatic N) is 1. The summed E-state index contributed by atoms with van der Waals surface area (Å²) >= 11 is 0. The van der Waals surface area contributed by atoms with Gasteiger partial charge in [0.25, 0.3) is 5.91 Å². The first-order chi connectivity index (χ1) is 8.76. The summed E-state index contributed by atoms with van der Waals surface area (Å²) in [7, 11) is 1.78. The maximum Gasteiger partial charge on any atom is 0.253 e. The zero-order valence-corrected chi connectivity index (χ0v) is 12.6. The molecule has 1 aromatic rings. The lowest BCUT2D eigenvalue weighted by Crippen LogP contribution is -2.37. The normalized spacial score (nSPS) is 11.7. The van der Waals surface area contributed by atoms with E-state index in [0.29, 0.717) is 18.0 Å². The molecule has 0 heterocycles. The molecule has 3 heteroatoms. The molecule has 1 amide bonds. The molecule has 1 N–H and O–H groups in total. The molecule has 0 aromatic heterocycles. The van der Waals surface area contributed by atoms with E-state index in [1.54, 1.807) is 11.9 Å². The van der Waals surface area contributed by atoms with Gasteiger partial charge >= 0.3 is 0 Å². The maximum atomic E-state index is 12.4. The second-order valence-electron chi connectivity index (χ2n) is 6.26. The van der Waals surface area contributed by atoms with Crippen LogP contribution in [0.15, 0.2) is 24.3 Å². The quantitative estimate of drug-likeness (QED) is 0.887. The van der Waals surface area contributed by atoms with Crippen molar-refractivity contribution in [2.24, 2.45) is 5.41 Å². The number of rotatable bonds is 5. The van der Waals surface area contributed by atoms with Crippen LogP contribution in [-0.2, 0) is 0 Å². The molecule has 0 radical (unpaired) electrons. The summed E-state index contributed by atoms with van der Waals surface area (Å²) in [5.74, 6) is 0.413. The van der Waals surface area contributed by atoms with Crippen molar-refractivity contribution >= 4 is 5.91 Å². The molecule has 0 atom stereocenters. The predicted molar refractivity (Wildman–Crippen MR) is 78.4 cm³/mol. The van der Waals surface area contributed by atoms with E-state index in [1.165, 1.54) is 5.56 Å². The van der Waals surface area contributed by atoms with Crippen LogP contribution in [0.4, 0.5) is 0 Å². The first-order valence-corrected chi connectivity index (χ1v) is 6.73. The Morgan fingerprint density at radius 3 is 2.53 bits per heavy atom. The van der Waals surface area contributed by atoms with E-state index < -0.39 is 0 Å². The zero-order valence-electron chi connectivity index (χ0n) is 12.6. The van der Waals surface area contributed by atoms with E-state index in [4.69, 9.17) is 0 Å². The van der Waals surface area contributed by atoms with Gasteiger partial charge in [0, 0.05) is 31.2 Å². The minimum atomic E-state index is -0.278. The molecular formula is C16H25NO2. The van der Waals surface area contributed by atoms with Crippen molar-refractivity contribution in [1.82, 2.24) is 4.90 Å². The summed E-state index contributed by atoms with van der Waals surface area (Å²) in [6.45, 7) is 8.72. The highest BCUT2D eigenvalue weighted by atomic mass is 16.3. The molecule has 0 aliphatic heterocycles. The van der Waals surface area contributed by atoms with Crippen LogP contribution in [0, 0.1) is 5.41 Å². The van der Waals surface area contributed by atoms with Crippen molar-refractivity contribution in [3.8, 4) is 0 Å². The average molecular weight is 263 g/mol. The van der Waals surface area contributed by atoms with Gasteiger partial charge in [0.1, 0.15) is 0 Å². The van der Waals surface area contributed by atoms with E-state index in [-0.39, 0.29) is 17.9 Å². The highest BCUT2D eigenvalue weighted by Gasteiger charge is 2.22. The third kappa shape index (κ3) is 4.35. The van der Waals surface area contributed by atoms with Gasteiger partial charge in [-0.3, -0.25) is 4.79 Å². The van der Waals surface area contributed by atoms with Crippen molar-refractivity contribution in [3.63, 3.8) is 0 Å². The fourth-order valence-corrected chi connectivity index (χ4v) is 2.02. The number of hydrogen-bond acceptors (Lipinski definition) is 2. The topological polar surface area (TPSA) is 40.5 Å². The molecule has 0 aliphatic rings. The molecule has 0 spiro atoms. The second-order valence-corrected chi connectivity index (χ2v) is 6.26. The number of carbonyl (C=O) groups is 1. The van der Waals surface area contributed by atoms with Gasteiger partial charge in [-0.2, -0.15) is 0 Å². The average Bonchev–Trinajstić information content (AvgIpc) is 2.37. The Balaban J connectivity index is 2.85. The molecule has 1 aromatic carbocycles. The van der Waals surface area contributed by atoms with Crippen LogP contribution in [0.2, 0.25) is 0 Å². The van der Waals surface area contributed by atoms with Gasteiger partial charge < -0.3 is 10.0 Å². The van der Waals surface area contributed by atoms with Gasteiger partial charge in [0.15, 0.2) is 0 Å². The Kier molecular flexibility index (Phi) is 5.12. The summed E-state index contributed by atoms with van der Waals surface area (Å²) in [5.41, 5.74) is 1.60. The van der Waals surface area contributed by atoms with Crippen molar-refractivity contribution in [1.29, 1.82) is 0 Å². The largest absolute Gasteiger partial charge is 0.396 e. The molecule has 106 valence electrons. The number of aliphatic hydroxyl groups is 1. The Hall–Kier alpha value is -1.35. The Bertz CT molecular complexity index is 438. The lowest BCUT2D eigenvalue weighted by molar-refractivity contribution is 0.0663. The van der Waals surface area contributed by atoms with Crippen LogP contribution in [0.1, 0.15) is 49.5 Å². The van der Waals surface area contributed by atoms with Crippen molar-refractivity contribution in [2.75, 3.05) is 20.2 Å². The standard InChI is InChI=1S/C16H25NO2/c1-12(2)13-7-6-8-14(9-13)15(19)17(5)10-16(3,4)11-18/h6-9,12,18H,10-11H2,1-5H3. The molecule has 19 heavy (non-hydrogen) atoms. The molecule has 0 unspecified atom stereocenters. The highest BCUT2D eigenvalue weighted by Crippen LogP contribution is 2.19. The van der Waals surface area contributed by atoms with Gasteiger partial charge in [-0.25, -0.2) is 0 Å². The minimum Gasteiger partial charge on any atom is -0.396 e. The van der Waals surface area contributed by atoms with Crippen molar-refractivity contribution in [3.05, 3.63) is 35.4 Å². The summed E-state index contributed by atoms with van der Waals surface area (Å²) in [4.78, 5) is 14.0. The Morgan fingerprint density at radius 1 is 1.37 bits per heavy atom. The Morgan fingerprint density at radius 2 is 2.00 bits per heavy atom. The third-order valence-corrected chi connectivity index (χ3v) is 3.24. The molecule has 0 bridgehead atoms. The van der Waals surface area contributed by atoms with Crippen LogP contribution in [0.25, 0.3) is 0 Å². The summed E-state index contributed by atoms with van der Waals surface area (Å²) in [6.07, 6.45) is 0. The summed E-state index contributed by atoms with van der Waals surface area (Å²) in [5, 5.41) is 9.27. The Labute approximate surface area is 116 Å². The molecule has 1 rings (SSSR count). The van der Waals surface area contributed by atoms with E-state index in [1.807, 2.05) is 38.1 Å². The number of benzene rings is 1. The minimum absolute atomic E-state index is 0.00373. The second kappa shape index (κ2) is 6.20. The molecule has 3 nitrogen and oxygen atoms in total. The number of carbonyl (C=O) groups excluding carboxylic acids is 1. The predicted octanol–water partition coefficient (Wildman–Crippen LogP) is 2.90. The van der Waals surface area contributed by atoms with Crippen LogP contribution < -0.4 is 0 Å². The number of aliphatic hydroxyl groups excluding tert-OH is 1. The van der Waals surface area contributed by atoms with E-state index in [2.05, 4.69) is 13.8 Å². The van der Waals surface area contributed by atoms with Gasteiger partial charge in [0.05, 0.1) is 0 Å². The first kappa shape index (κ1) is 15.7. The molecule has 0 saturated carbocycles. The molecular weight excluding hydrogens is 238 g/mol. The van der Waals surface area contributed by atoms with E-state index >= 15 is 0 Å². The van der Waals surface area contributed by atoms with Gasteiger partial charge in [0.2, 0.25) is 0 Å². The van der Waals surface area contributed by atoms with Crippen molar-refractivity contribution < 1.29 is 9.90 Å². The van der Waals surface area contributed by atoms with E-state index in [9.17, 15) is 9.90 Å². The van der Waals surface area contributed by atoms with Gasteiger partial charge in [-0.1, -0.05) is 39.8 Å². The van der Waals surface area contributed by atoms with Gasteiger partial charge in [-0.15, -0.1) is 0 Å². The molecule has 0 saturated heterocycles. The molecule has 0 fully saturated rings. The van der Waals surface area contributed by atoms with Gasteiger partial charge in [-0.05, 0) is 23.6 Å². The SMILES string of the molecule is CC(C)c1cccc(C(=O)N(C)CC(C)(C)CO)c1. The van der Waals surface area contributed by atoms with Crippen LogP contribution in [-0.4, -0.2) is 36.1 Å². The fourth-order valence-electron chi connectivity index (χ4n) is 2.02. The highest BCUT2D eigenvalue weighted by molar-refractivity contribution is 5.94. The van der Waals surface area contributed by atoms with Crippen LogP contribution in [0.5, 0.6) is 0 Å². The fraction of sp³-hybridized carbons (Fsp3) is 0.562. The lowest BCUT2D eigenvalue weighted by atomic mass is 9.94. The maximum absolute atomic E-state index is 12.4. The number of amides is 1. The number of hydrogen-bond donors (Lipinski definition) is 1. The van der Waals surface area contributed by atoms with E-state index in [0.717, 1.165) is 0 Å².